The molecule has 0 aromatic carbocycles. The maximum absolute atomic E-state index is 12.6. The Morgan fingerprint density at radius 2 is 1.97 bits per heavy atom. The summed E-state index contributed by atoms with van der Waals surface area (Å²) in [5.74, 6) is 0.458. The first-order valence-corrected chi connectivity index (χ1v) is 11.3. The van der Waals surface area contributed by atoms with E-state index in [2.05, 4.69) is 32.3 Å². The lowest BCUT2D eigenvalue weighted by Crippen LogP contribution is -2.28. The van der Waals surface area contributed by atoms with Crippen molar-refractivity contribution in [3.8, 4) is 0 Å². The summed E-state index contributed by atoms with van der Waals surface area (Å²) >= 11 is 0. The van der Waals surface area contributed by atoms with Crippen LogP contribution in [0.5, 0.6) is 0 Å². The quantitative estimate of drug-likeness (QED) is 0.549. The lowest BCUT2D eigenvalue weighted by molar-refractivity contribution is -0.169. The van der Waals surface area contributed by atoms with Gasteiger partial charge in [-0.3, -0.25) is 9.59 Å². The van der Waals surface area contributed by atoms with Gasteiger partial charge in [-0.2, -0.15) is 0 Å². The van der Waals surface area contributed by atoms with E-state index in [-0.39, 0.29) is 24.1 Å². The number of aromatic nitrogens is 1. The molecule has 5 heteroatoms. The number of carbonyl (C=O) groups excluding carboxylic acids is 2. The van der Waals surface area contributed by atoms with Crippen molar-refractivity contribution in [3.63, 3.8) is 0 Å². The van der Waals surface area contributed by atoms with Gasteiger partial charge in [0.1, 0.15) is 6.61 Å². The molecule has 0 saturated carbocycles. The van der Waals surface area contributed by atoms with Crippen molar-refractivity contribution in [2.75, 3.05) is 13.2 Å². The SMILES string of the molecule is Cc1c2c(n(CCCCCC(=O)COC3CCCCO3)c1C)CC(C)(C)CC2=O. The van der Waals surface area contributed by atoms with Crippen molar-refractivity contribution in [1.29, 1.82) is 0 Å². The standard InChI is InChI=1S/C24H37NO4/c1-17-18(2)25(20-14-24(3,4)15-21(27)23(17)20)12-8-5-6-10-19(26)16-29-22-11-7-9-13-28-22/h22H,5-16H2,1-4H3. The van der Waals surface area contributed by atoms with Crippen LogP contribution in [-0.4, -0.2) is 35.6 Å². The number of Topliss-reactive ketones (excluding diaryl/α,β-unsaturated/α-hetero) is 2. The predicted molar refractivity (Wildman–Crippen MR) is 113 cm³/mol. The van der Waals surface area contributed by atoms with Gasteiger partial charge in [0.15, 0.2) is 17.9 Å². The van der Waals surface area contributed by atoms with Crippen molar-refractivity contribution < 1.29 is 19.1 Å². The van der Waals surface area contributed by atoms with E-state index >= 15 is 0 Å². The van der Waals surface area contributed by atoms with Gasteiger partial charge in [-0.05, 0) is 63.4 Å². The topological polar surface area (TPSA) is 57.5 Å². The molecule has 1 aliphatic heterocycles. The summed E-state index contributed by atoms with van der Waals surface area (Å²) in [7, 11) is 0. The molecule has 1 aromatic rings. The van der Waals surface area contributed by atoms with Gasteiger partial charge in [0.05, 0.1) is 0 Å². The van der Waals surface area contributed by atoms with Crippen LogP contribution in [0.25, 0.3) is 0 Å². The van der Waals surface area contributed by atoms with Gasteiger partial charge in [0.2, 0.25) is 0 Å². The van der Waals surface area contributed by atoms with E-state index in [1.165, 1.54) is 11.4 Å². The zero-order valence-corrected chi connectivity index (χ0v) is 18.6. The minimum atomic E-state index is -0.189. The lowest BCUT2D eigenvalue weighted by Gasteiger charge is -2.30. The smallest absolute Gasteiger partial charge is 0.165 e. The molecule has 2 aliphatic rings. The van der Waals surface area contributed by atoms with Crippen molar-refractivity contribution in [2.45, 2.75) is 98.3 Å². The summed E-state index contributed by atoms with van der Waals surface area (Å²) in [6.45, 7) is 10.4. The number of unbranched alkanes of at least 4 members (excludes halogenated alkanes) is 2. The number of hydrogen-bond donors (Lipinski definition) is 0. The number of ether oxygens (including phenoxy) is 2. The second-order valence-corrected chi connectivity index (χ2v) is 9.58. The van der Waals surface area contributed by atoms with Gasteiger partial charge >= 0.3 is 0 Å². The van der Waals surface area contributed by atoms with Gasteiger partial charge in [-0.15, -0.1) is 0 Å². The number of ketones is 2. The van der Waals surface area contributed by atoms with Crippen LogP contribution in [0, 0.1) is 19.3 Å². The molecule has 1 aliphatic carbocycles. The van der Waals surface area contributed by atoms with E-state index < -0.39 is 0 Å². The van der Waals surface area contributed by atoms with Gasteiger partial charge in [0, 0.05) is 42.9 Å². The Morgan fingerprint density at radius 3 is 2.69 bits per heavy atom. The molecule has 29 heavy (non-hydrogen) atoms. The Morgan fingerprint density at radius 1 is 1.17 bits per heavy atom. The van der Waals surface area contributed by atoms with Crippen LogP contribution in [0.4, 0.5) is 0 Å². The third-order valence-corrected chi connectivity index (χ3v) is 6.41. The molecule has 0 N–H and O–H groups in total. The van der Waals surface area contributed by atoms with E-state index in [4.69, 9.17) is 9.47 Å². The van der Waals surface area contributed by atoms with E-state index in [9.17, 15) is 9.59 Å². The third kappa shape index (κ3) is 5.58. The maximum atomic E-state index is 12.6. The minimum absolute atomic E-state index is 0.0353. The summed E-state index contributed by atoms with van der Waals surface area (Å²) in [5.41, 5.74) is 4.60. The largest absolute Gasteiger partial charge is 0.353 e. The minimum Gasteiger partial charge on any atom is -0.353 e. The van der Waals surface area contributed by atoms with E-state index in [1.807, 2.05) is 0 Å². The van der Waals surface area contributed by atoms with Crippen LogP contribution >= 0.6 is 0 Å². The Labute approximate surface area is 175 Å². The second kappa shape index (κ2) is 9.57. The molecule has 3 rings (SSSR count). The van der Waals surface area contributed by atoms with Crippen molar-refractivity contribution in [1.82, 2.24) is 4.57 Å². The van der Waals surface area contributed by atoms with E-state index in [0.717, 1.165) is 69.2 Å². The molecule has 0 amide bonds. The van der Waals surface area contributed by atoms with Crippen LogP contribution in [0.2, 0.25) is 0 Å². The highest BCUT2D eigenvalue weighted by molar-refractivity contribution is 6.00. The van der Waals surface area contributed by atoms with Crippen LogP contribution < -0.4 is 0 Å². The van der Waals surface area contributed by atoms with Crippen molar-refractivity contribution in [2.24, 2.45) is 5.41 Å². The first-order chi connectivity index (χ1) is 13.8. The molecule has 0 bridgehead atoms. The zero-order valence-electron chi connectivity index (χ0n) is 18.6. The van der Waals surface area contributed by atoms with Crippen LogP contribution in [-0.2, 0) is 27.2 Å². The number of hydrogen-bond acceptors (Lipinski definition) is 4. The van der Waals surface area contributed by atoms with Crippen molar-refractivity contribution >= 4 is 11.6 Å². The highest BCUT2D eigenvalue weighted by atomic mass is 16.7. The highest BCUT2D eigenvalue weighted by Crippen LogP contribution is 2.38. The molecule has 1 atom stereocenters. The number of carbonyl (C=O) groups is 2. The first kappa shape index (κ1) is 22.2. The maximum Gasteiger partial charge on any atom is 0.165 e. The molecule has 1 fully saturated rings. The summed E-state index contributed by atoms with van der Waals surface area (Å²) in [5, 5.41) is 0. The second-order valence-electron chi connectivity index (χ2n) is 9.58. The lowest BCUT2D eigenvalue weighted by atomic mass is 9.75. The summed E-state index contributed by atoms with van der Waals surface area (Å²) < 4.78 is 13.4. The molecular weight excluding hydrogens is 366 g/mol. The summed E-state index contributed by atoms with van der Waals surface area (Å²) in [6.07, 6.45) is 8.00. The summed E-state index contributed by atoms with van der Waals surface area (Å²) in [6, 6.07) is 0. The van der Waals surface area contributed by atoms with Crippen molar-refractivity contribution in [3.05, 3.63) is 22.5 Å². The van der Waals surface area contributed by atoms with Crippen LogP contribution in [0.15, 0.2) is 0 Å². The van der Waals surface area contributed by atoms with Gasteiger partial charge < -0.3 is 14.0 Å². The third-order valence-electron chi connectivity index (χ3n) is 6.41. The molecule has 1 aromatic heterocycles. The summed E-state index contributed by atoms with van der Waals surface area (Å²) in [4.78, 5) is 24.7. The highest BCUT2D eigenvalue weighted by Gasteiger charge is 2.35. The fraction of sp³-hybridized carbons (Fsp3) is 0.750. The average Bonchev–Trinajstić information content (AvgIpc) is 2.90. The Bertz CT molecular complexity index is 741. The van der Waals surface area contributed by atoms with E-state index in [1.54, 1.807) is 0 Å². The fourth-order valence-electron chi connectivity index (χ4n) is 4.70. The number of fused-ring (bicyclic) bond motifs is 1. The molecule has 1 saturated heterocycles. The number of nitrogens with zero attached hydrogens (tertiary/aromatic N) is 1. The van der Waals surface area contributed by atoms with Gasteiger partial charge in [-0.25, -0.2) is 0 Å². The zero-order chi connectivity index (χ0) is 21.0. The molecule has 0 spiro atoms. The molecule has 0 radical (unpaired) electrons. The molecule has 1 unspecified atom stereocenters. The fourth-order valence-corrected chi connectivity index (χ4v) is 4.70. The monoisotopic (exact) mass is 403 g/mol. The normalized spacial score (nSPS) is 21.2. The van der Waals surface area contributed by atoms with Gasteiger partial charge in [0.25, 0.3) is 0 Å². The number of rotatable bonds is 9. The Hall–Kier alpha value is -1.46. The Kier molecular flexibility index (Phi) is 7.33. The first-order valence-electron chi connectivity index (χ1n) is 11.3. The van der Waals surface area contributed by atoms with Crippen LogP contribution in [0.1, 0.15) is 92.5 Å². The molecule has 162 valence electrons. The Balaban J connectivity index is 1.43. The van der Waals surface area contributed by atoms with Crippen LogP contribution in [0.3, 0.4) is 0 Å². The average molecular weight is 404 g/mol. The molecule has 5 nitrogen and oxygen atoms in total. The van der Waals surface area contributed by atoms with Gasteiger partial charge in [-0.1, -0.05) is 20.3 Å². The molecular formula is C24H37NO4. The van der Waals surface area contributed by atoms with E-state index in [0.29, 0.717) is 18.6 Å². The predicted octanol–water partition coefficient (Wildman–Crippen LogP) is 4.93. The molecule has 2 heterocycles.